The van der Waals surface area contributed by atoms with E-state index in [0.29, 0.717) is 22.9 Å². The highest BCUT2D eigenvalue weighted by molar-refractivity contribution is 6.04. The SMILES string of the molecule is CC[C@H](C)NC(=O)c1ccccc1NC(=O)COc1ccc(C(C)C)cc1. The fourth-order valence-electron chi connectivity index (χ4n) is 2.48. The Morgan fingerprint density at radius 3 is 2.30 bits per heavy atom. The minimum atomic E-state index is -0.313. The lowest BCUT2D eigenvalue weighted by Crippen LogP contribution is -2.33. The quantitative estimate of drug-likeness (QED) is 0.728. The maximum absolute atomic E-state index is 12.4. The van der Waals surface area contributed by atoms with Gasteiger partial charge in [-0.25, -0.2) is 0 Å². The Kier molecular flexibility index (Phi) is 7.41. The van der Waals surface area contributed by atoms with Crippen LogP contribution in [0.1, 0.15) is 56.0 Å². The molecule has 0 aromatic heterocycles. The zero-order chi connectivity index (χ0) is 19.8. The molecule has 0 bridgehead atoms. The van der Waals surface area contributed by atoms with E-state index in [4.69, 9.17) is 4.74 Å². The van der Waals surface area contributed by atoms with Crippen LogP contribution in [0.2, 0.25) is 0 Å². The number of carbonyl (C=O) groups excluding carboxylic acids is 2. The van der Waals surface area contributed by atoms with Crippen LogP contribution in [0, 0.1) is 0 Å². The van der Waals surface area contributed by atoms with E-state index in [1.807, 2.05) is 38.1 Å². The molecule has 0 heterocycles. The van der Waals surface area contributed by atoms with Crippen molar-refractivity contribution >= 4 is 17.5 Å². The van der Waals surface area contributed by atoms with Crippen molar-refractivity contribution in [1.82, 2.24) is 5.32 Å². The van der Waals surface area contributed by atoms with Crippen molar-refractivity contribution in [3.05, 3.63) is 59.7 Å². The van der Waals surface area contributed by atoms with E-state index >= 15 is 0 Å². The summed E-state index contributed by atoms with van der Waals surface area (Å²) in [4.78, 5) is 24.6. The molecular weight excluding hydrogens is 340 g/mol. The van der Waals surface area contributed by atoms with E-state index in [0.717, 1.165) is 6.42 Å². The summed E-state index contributed by atoms with van der Waals surface area (Å²) in [5.74, 6) is 0.565. The average molecular weight is 368 g/mol. The molecule has 0 aliphatic rings. The standard InChI is InChI=1S/C22H28N2O3/c1-5-16(4)23-22(26)19-8-6-7-9-20(19)24-21(25)14-27-18-12-10-17(11-13-18)15(2)3/h6-13,15-16H,5,14H2,1-4H3,(H,23,26)(H,24,25)/t16-/m0/s1. The van der Waals surface area contributed by atoms with Crippen LogP contribution in [0.15, 0.2) is 48.5 Å². The molecule has 2 aromatic carbocycles. The summed E-state index contributed by atoms with van der Waals surface area (Å²) in [6.07, 6.45) is 0.837. The number of rotatable bonds is 8. The number of anilines is 1. The predicted octanol–water partition coefficient (Wildman–Crippen LogP) is 4.36. The van der Waals surface area contributed by atoms with Gasteiger partial charge in [-0.2, -0.15) is 0 Å². The summed E-state index contributed by atoms with van der Waals surface area (Å²) in [6, 6.07) is 14.7. The molecule has 0 aliphatic carbocycles. The molecule has 0 spiro atoms. The van der Waals surface area contributed by atoms with Crippen LogP contribution in [-0.4, -0.2) is 24.5 Å². The van der Waals surface area contributed by atoms with Gasteiger partial charge < -0.3 is 15.4 Å². The Morgan fingerprint density at radius 1 is 1.00 bits per heavy atom. The summed E-state index contributed by atoms with van der Waals surface area (Å²) >= 11 is 0. The van der Waals surface area contributed by atoms with Crippen molar-refractivity contribution in [2.24, 2.45) is 0 Å². The number of amides is 2. The maximum Gasteiger partial charge on any atom is 0.262 e. The first-order valence-electron chi connectivity index (χ1n) is 9.33. The monoisotopic (exact) mass is 368 g/mol. The molecule has 5 nitrogen and oxygen atoms in total. The normalized spacial score (nSPS) is 11.7. The molecule has 0 unspecified atom stereocenters. The van der Waals surface area contributed by atoms with Crippen LogP contribution in [0.4, 0.5) is 5.69 Å². The van der Waals surface area contributed by atoms with Crippen molar-refractivity contribution in [2.45, 2.75) is 46.1 Å². The maximum atomic E-state index is 12.4. The Balaban J connectivity index is 1.96. The van der Waals surface area contributed by atoms with E-state index in [9.17, 15) is 9.59 Å². The predicted molar refractivity (Wildman–Crippen MR) is 108 cm³/mol. The summed E-state index contributed by atoms with van der Waals surface area (Å²) in [7, 11) is 0. The molecule has 27 heavy (non-hydrogen) atoms. The first kappa shape index (κ1) is 20.5. The zero-order valence-electron chi connectivity index (χ0n) is 16.4. The van der Waals surface area contributed by atoms with Crippen molar-refractivity contribution in [3.63, 3.8) is 0 Å². The van der Waals surface area contributed by atoms with Crippen molar-refractivity contribution in [3.8, 4) is 5.75 Å². The second kappa shape index (κ2) is 9.76. The van der Waals surface area contributed by atoms with Gasteiger partial charge in [-0.15, -0.1) is 0 Å². The summed E-state index contributed by atoms with van der Waals surface area (Å²) < 4.78 is 5.54. The largest absolute Gasteiger partial charge is 0.484 e. The Labute approximate surface area is 161 Å². The highest BCUT2D eigenvalue weighted by Gasteiger charge is 2.14. The Hall–Kier alpha value is -2.82. The second-order valence-corrected chi connectivity index (χ2v) is 6.89. The lowest BCUT2D eigenvalue weighted by Gasteiger charge is -2.15. The number of nitrogens with one attached hydrogen (secondary N) is 2. The molecule has 2 N–H and O–H groups in total. The van der Waals surface area contributed by atoms with E-state index < -0.39 is 0 Å². The van der Waals surface area contributed by atoms with E-state index in [1.165, 1.54) is 5.56 Å². The van der Waals surface area contributed by atoms with Gasteiger partial charge in [0.25, 0.3) is 11.8 Å². The van der Waals surface area contributed by atoms with Crippen LogP contribution in [0.3, 0.4) is 0 Å². The van der Waals surface area contributed by atoms with Crippen molar-refractivity contribution < 1.29 is 14.3 Å². The molecule has 0 fully saturated rings. The van der Waals surface area contributed by atoms with E-state index in [2.05, 4.69) is 24.5 Å². The summed E-state index contributed by atoms with van der Waals surface area (Å²) in [5, 5.41) is 5.67. The molecule has 0 radical (unpaired) electrons. The zero-order valence-corrected chi connectivity index (χ0v) is 16.4. The highest BCUT2D eigenvalue weighted by Crippen LogP contribution is 2.19. The molecule has 144 valence electrons. The average Bonchev–Trinajstić information content (AvgIpc) is 2.66. The molecular formula is C22H28N2O3. The van der Waals surface area contributed by atoms with Gasteiger partial charge in [0.2, 0.25) is 0 Å². The number of benzene rings is 2. The van der Waals surface area contributed by atoms with E-state index in [-0.39, 0.29) is 24.5 Å². The summed E-state index contributed by atoms with van der Waals surface area (Å²) in [6.45, 7) is 8.07. The number of hydrogen-bond acceptors (Lipinski definition) is 3. The smallest absolute Gasteiger partial charge is 0.262 e. The number of hydrogen-bond donors (Lipinski definition) is 2. The third kappa shape index (κ3) is 6.13. The van der Waals surface area contributed by atoms with Crippen LogP contribution in [0.25, 0.3) is 0 Å². The van der Waals surface area contributed by atoms with Crippen LogP contribution >= 0.6 is 0 Å². The first-order valence-corrected chi connectivity index (χ1v) is 9.33. The van der Waals surface area contributed by atoms with Crippen LogP contribution in [-0.2, 0) is 4.79 Å². The van der Waals surface area contributed by atoms with E-state index in [1.54, 1.807) is 24.3 Å². The third-order valence-electron chi connectivity index (χ3n) is 4.35. The second-order valence-electron chi connectivity index (χ2n) is 6.89. The number of carbonyl (C=O) groups is 2. The van der Waals surface area contributed by atoms with Gasteiger partial charge in [-0.3, -0.25) is 9.59 Å². The fourth-order valence-corrected chi connectivity index (χ4v) is 2.48. The molecule has 0 aliphatic heterocycles. The van der Waals surface area contributed by atoms with Crippen molar-refractivity contribution in [2.75, 3.05) is 11.9 Å². The fraction of sp³-hybridized carbons (Fsp3) is 0.364. The van der Waals surface area contributed by atoms with Gasteiger partial charge in [0.1, 0.15) is 5.75 Å². The lowest BCUT2D eigenvalue weighted by atomic mass is 10.0. The third-order valence-corrected chi connectivity index (χ3v) is 4.35. The van der Waals surface area contributed by atoms with Crippen LogP contribution in [0.5, 0.6) is 5.75 Å². The molecule has 2 aromatic rings. The lowest BCUT2D eigenvalue weighted by molar-refractivity contribution is -0.118. The molecule has 1 atom stereocenters. The van der Waals surface area contributed by atoms with Gasteiger partial charge in [0, 0.05) is 6.04 Å². The number of ether oxygens (including phenoxy) is 1. The topological polar surface area (TPSA) is 67.4 Å². The molecule has 5 heteroatoms. The molecule has 2 amide bonds. The minimum Gasteiger partial charge on any atom is -0.484 e. The van der Waals surface area contributed by atoms with Crippen molar-refractivity contribution in [1.29, 1.82) is 0 Å². The molecule has 0 saturated heterocycles. The number of para-hydroxylation sites is 1. The summed E-state index contributed by atoms with van der Waals surface area (Å²) in [5.41, 5.74) is 2.13. The minimum absolute atomic E-state index is 0.0680. The highest BCUT2D eigenvalue weighted by atomic mass is 16.5. The first-order chi connectivity index (χ1) is 12.9. The molecule has 2 rings (SSSR count). The van der Waals surface area contributed by atoms with Gasteiger partial charge >= 0.3 is 0 Å². The van der Waals surface area contributed by atoms with Gasteiger partial charge in [-0.1, -0.05) is 45.0 Å². The van der Waals surface area contributed by atoms with Crippen LogP contribution < -0.4 is 15.4 Å². The molecule has 0 saturated carbocycles. The van der Waals surface area contributed by atoms with Gasteiger partial charge in [0.15, 0.2) is 6.61 Å². The Bertz CT molecular complexity index is 769. The van der Waals surface area contributed by atoms with Gasteiger partial charge in [0.05, 0.1) is 11.3 Å². The van der Waals surface area contributed by atoms with Gasteiger partial charge in [-0.05, 0) is 49.1 Å². The Morgan fingerprint density at radius 2 is 1.67 bits per heavy atom.